The number of ketones is 1. The van der Waals surface area contributed by atoms with Gasteiger partial charge in [0.05, 0.1) is 0 Å². The molecule has 1 heterocycles. The van der Waals surface area contributed by atoms with Crippen LogP contribution in [-0.2, 0) is 16.6 Å². The van der Waals surface area contributed by atoms with Crippen LogP contribution < -0.4 is 0 Å². The molecule has 2 heteroatoms. The Balaban J connectivity index is 1.59. The summed E-state index contributed by atoms with van der Waals surface area (Å²) in [5.74, 6) is 2.19. The second kappa shape index (κ2) is 4.67. The summed E-state index contributed by atoms with van der Waals surface area (Å²) in [5, 5.41) is 0. The van der Waals surface area contributed by atoms with Gasteiger partial charge in [-0.2, -0.15) is 0 Å². The van der Waals surface area contributed by atoms with E-state index in [1.165, 1.54) is 49.9 Å². The predicted octanol–water partition coefficient (Wildman–Crippen LogP) is 3.33. The van der Waals surface area contributed by atoms with Crippen LogP contribution in [0.5, 0.6) is 0 Å². The number of rotatable bonds is 2. The van der Waals surface area contributed by atoms with E-state index in [4.69, 9.17) is 0 Å². The van der Waals surface area contributed by atoms with Gasteiger partial charge in [0.25, 0.3) is 0 Å². The van der Waals surface area contributed by atoms with Gasteiger partial charge in [0, 0.05) is 30.8 Å². The van der Waals surface area contributed by atoms with Crippen LogP contribution in [0.25, 0.3) is 0 Å². The van der Waals surface area contributed by atoms with Crippen LogP contribution in [0, 0.1) is 11.8 Å². The molecule has 0 radical (unpaired) electrons. The highest BCUT2D eigenvalue weighted by atomic mass is 16.1. The number of benzene rings is 1. The van der Waals surface area contributed by atoms with Crippen LogP contribution in [0.15, 0.2) is 24.3 Å². The summed E-state index contributed by atoms with van der Waals surface area (Å²) in [6.07, 6.45) is 8.04. The summed E-state index contributed by atoms with van der Waals surface area (Å²) in [6.45, 7) is 2.52. The molecule has 3 fully saturated rings. The Morgan fingerprint density at radius 3 is 2.91 bits per heavy atom. The third-order valence-corrected chi connectivity index (χ3v) is 6.91. The van der Waals surface area contributed by atoms with E-state index in [2.05, 4.69) is 29.2 Å². The van der Waals surface area contributed by atoms with Crippen molar-refractivity contribution in [1.29, 1.82) is 0 Å². The molecular weight excluding hydrogens is 270 g/mol. The second-order valence-corrected chi connectivity index (χ2v) is 8.13. The summed E-state index contributed by atoms with van der Waals surface area (Å²) in [5.41, 5.74) is 3.23. The minimum atomic E-state index is 0.175. The van der Waals surface area contributed by atoms with Gasteiger partial charge in [0.15, 0.2) is 0 Å². The minimum absolute atomic E-state index is 0.175. The van der Waals surface area contributed by atoms with Crippen molar-refractivity contribution in [2.24, 2.45) is 11.8 Å². The Kier molecular flexibility index (Phi) is 2.83. The highest BCUT2D eigenvalue weighted by Crippen LogP contribution is 2.55. The molecule has 1 saturated heterocycles. The molecule has 5 rings (SSSR count). The van der Waals surface area contributed by atoms with Crippen LogP contribution in [0.2, 0.25) is 0 Å². The molecular formula is C20H25NO. The van der Waals surface area contributed by atoms with Gasteiger partial charge in [-0.05, 0) is 61.6 Å². The van der Waals surface area contributed by atoms with Gasteiger partial charge in [-0.1, -0.05) is 24.3 Å². The van der Waals surface area contributed by atoms with Crippen molar-refractivity contribution in [3.8, 4) is 0 Å². The molecule has 3 aliphatic carbocycles. The SMILES string of the molecule is O=C1CC[C@H]2[C@@H]3Cc4ccccc4[C@]2(CCN3CC2CC2)C1. The maximum absolute atomic E-state index is 12.3. The molecule has 0 N–H and O–H groups in total. The van der Waals surface area contributed by atoms with E-state index < -0.39 is 0 Å². The number of nitrogens with zero attached hydrogens (tertiary/aromatic N) is 1. The fourth-order valence-electron chi connectivity index (χ4n) is 5.73. The number of carbonyl (C=O) groups excluding carboxylic acids is 1. The molecule has 0 unspecified atom stereocenters. The third kappa shape index (κ3) is 1.86. The molecule has 116 valence electrons. The largest absolute Gasteiger partial charge is 0.300 e. The highest BCUT2D eigenvalue weighted by Gasteiger charge is 2.55. The molecule has 0 amide bonds. The molecule has 0 aromatic heterocycles. The number of hydrogen-bond donors (Lipinski definition) is 0. The lowest BCUT2D eigenvalue weighted by Crippen LogP contribution is -2.62. The minimum Gasteiger partial charge on any atom is -0.300 e. The zero-order valence-corrected chi connectivity index (χ0v) is 13.3. The van der Waals surface area contributed by atoms with Gasteiger partial charge < -0.3 is 0 Å². The molecule has 2 saturated carbocycles. The Hall–Kier alpha value is -1.15. The maximum atomic E-state index is 12.3. The summed E-state index contributed by atoms with van der Waals surface area (Å²) >= 11 is 0. The first kappa shape index (κ1) is 13.3. The van der Waals surface area contributed by atoms with Crippen molar-refractivity contribution in [3.63, 3.8) is 0 Å². The van der Waals surface area contributed by atoms with E-state index in [0.29, 0.717) is 17.7 Å². The van der Waals surface area contributed by atoms with Crippen molar-refractivity contribution in [3.05, 3.63) is 35.4 Å². The maximum Gasteiger partial charge on any atom is 0.133 e. The van der Waals surface area contributed by atoms with Crippen LogP contribution in [0.4, 0.5) is 0 Å². The van der Waals surface area contributed by atoms with Crippen molar-refractivity contribution in [1.82, 2.24) is 4.90 Å². The van der Waals surface area contributed by atoms with E-state index in [0.717, 1.165) is 25.2 Å². The van der Waals surface area contributed by atoms with Crippen molar-refractivity contribution in [2.45, 2.75) is 56.4 Å². The van der Waals surface area contributed by atoms with E-state index in [1.807, 2.05) is 0 Å². The normalized spacial score (nSPS) is 37.5. The number of carbonyl (C=O) groups is 1. The van der Waals surface area contributed by atoms with E-state index in [9.17, 15) is 4.79 Å². The van der Waals surface area contributed by atoms with Crippen molar-refractivity contribution >= 4 is 5.78 Å². The van der Waals surface area contributed by atoms with Crippen LogP contribution in [-0.4, -0.2) is 29.8 Å². The Labute approximate surface area is 132 Å². The van der Waals surface area contributed by atoms with Crippen LogP contribution in [0.3, 0.4) is 0 Å². The predicted molar refractivity (Wildman–Crippen MR) is 86.9 cm³/mol. The lowest BCUT2D eigenvalue weighted by atomic mass is 9.52. The van der Waals surface area contributed by atoms with Crippen molar-refractivity contribution in [2.75, 3.05) is 13.1 Å². The van der Waals surface area contributed by atoms with E-state index >= 15 is 0 Å². The van der Waals surface area contributed by atoms with Crippen LogP contribution in [0.1, 0.15) is 49.7 Å². The average molecular weight is 295 g/mol. The molecule has 1 aliphatic heterocycles. The fraction of sp³-hybridized carbons (Fsp3) is 0.650. The van der Waals surface area contributed by atoms with Gasteiger partial charge in [-0.15, -0.1) is 0 Å². The summed E-state index contributed by atoms with van der Waals surface area (Å²) < 4.78 is 0. The number of Topliss-reactive ketones (excluding diaryl/α,β-unsaturated/α-hetero) is 1. The lowest BCUT2D eigenvalue weighted by Gasteiger charge is -2.58. The lowest BCUT2D eigenvalue weighted by molar-refractivity contribution is -0.127. The zero-order chi connectivity index (χ0) is 14.7. The first-order chi connectivity index (χ1) is 10.8. The summed E-state index contributed by atoms with van der Waals surface area (Å²) in [4.78, 5) is 15.1. The van der Waals surface area contributed by atoms with E-state index in [-0.39, 0.29) is 5.41 Å². The topological polar surface area (TPSA) is 20.3 Å². The summed E-state index contributed by atoms with van der Waals surface area (Å²) in [6, 6.07) is 9.70. The van der Waals surface area contributed by atoms with E-state index in [1.54, 1.807) is 0 Å². The molecule has 2 bridgehead atoms. The molecule has 1 aromatic carbocycles. The first-order valence-corrected chi connectivity index (χ1v) is 9.10. The number of fused-ring (bicyclic) bond motifs is 1. The number of hydrogen-bond acceptors (Lipinski definition) is 2. The van der Waals surface area contributed by atoms with Gasteiger partial charge in [0.1, 0.15) is 5.78 Å². The quantitative estimate of drug-likeness (QED) is 0.834. The Bertz CT molecular complexity index is 620. The third-order valence-electron chi connectivity index (χ3n) is 6.91. The standard InChI is InChI=1S/C20H25NO/c22-16-7-8-18-19-11-15-3-1-2-4-17(15)20(18,12-16)9-10-21(19)13-14-5-6-14/h1-4,14,18-19H,5-13H2/t18-,19-,20-/m0/s1. The molecule has 3 atom stereocenters. The highest BCUT2D eigenvalue weighted by molar-refractivity contribution is 5.81. The zero-order valence-electron chi connectivity index (χ0n) is 13.3. The Morgan fingerprint density at radius 2 is 2.05 bits per heavy atom. The van der Waals surface area contributed by atoms with Gasteiger partial charge in [-0.25, -0.2) is 0 Å². The summed E-state index contributed by atoms with van der Waals surface area (Å²) in [7, 11) is 0. The molecule has 22 heavy (non-hydrogen) atoms. The first-order valence-electron chi connectivity index (χ1n) is 9.10. The fourth-order valence-corrected chi connectivity index (χ4v) is 5.73. The smallest absolute Gasteiger partial charge is 0.133 e. The molecule has 0 spiro atoms. The number of piperidine rings is 1. The monoisotopic (exact) mass is 295 g/mol. The molecule has 1 aromatic rings. The van der Waals surface area contributed by atoms with Gasteiger partial charge in [0.2, 0.25) is 0 Å². The molecule has 4 aliphatic rings. The van der Waals surface area contributed by atoms with Gasteiger partial charge in [-0.3, -0.25) is 9.69 Å². The second-order valence-electron chi connectivity index (χ2n) is 8.13. The average Bonchev–Trinajstić information content (AvgIpc) is 3.34. The van der Waals surface area contributed by atoms with Crippen LogP contribution >= 0.6 is 0 Å². The van der Waals surface area contributed by atoms with Crippen molar-refractivity contribution < 1.29 is 4.79 Å². The number of likely N-dealkylation sites (tertiary alicyclic amines) is 1. The van der Waals surface area contributed by atoms with Gasteiger partial charge >= 0.3 is 0 Å². The Morgan fingerprint density at radius 1 is 1.18 bits per heavy atom. The molecule has 2 nitrogen and oxygen atoms in total.